The van der Waals surface area contributed by atoms with Crippen molar-refractivity contribution in [3.8, 4) is 22.3 Å². The number of ether oxygens (including phenoxy) is 3. The molecule has 15 nitrogen and oxygen atoms in total. The first-order chi connectivity index (χ1) is 30.6. The standard InChI is InChI=1S/C48H56N8O7/c1-28(2)42(54-47(59)61-3)45(57)49-20-6-5-9-41-50-36-16-14-34(26-38(36)51-41)32-12-10-31-25-33(13-11-30(31)24-32)35-15-17-37-39(27-35)53-44(52-37)40-8-7-21-56(40)46(58)43(55-48(60)62-4)29-18-22-63-23-19-29/h10-17,24-29,40,42-43H,5-9,18-23H2,1-4H3,(H,49,57)(H,50,51)(H,52,53)(H,54,59)(H,55,60). The van der Waals surface area contributed by atoms with Gasteiger partial charge in [0, 0.05) is 32.7 Å². The van der Waals surface area contributed by atoms with Gasteiger partial charge in [-0.25, -0.2) is 19.6 Å². The second-order valence-electron chi connectivity index (χ2n) is 16.9. The Morgan fingerprint density at radius 3 is 2.02 bits per heavy atom. The number of likely N-dealkylation sites (tertiary alicyclic amines) is 1. The number of fused-ring (bicyclic) bond motifs is 3. The van der Waals surface area contributed by atoms with Crippen LogP contribution >= 0.6 is 0 Å². The number of aryl methyl sites for hydroxylation is 1. The number of aromatic nitrogens is 4. The minimum Gasteiger partial charge on any atom is -0.453 e. The molecule has 2 aromatic heterocycles. The molecule has 330 valence electrons. The minimum atomic E-state index is -0.684. The van der Waals surface area contributed by atoms with Crippen LogP contribution in [0.3, 0.4) is 0 Å². The topological polar surface area (TPSA) is 193 Å². The van der Waals surface area contributed by atoms with Gasteiger partial charge in [0.2, 0.25) is 11.8 Å². The summed E-state index contributed by atoms with van der Waals surface area (Å²) in [6.45, 7) is 5.97. The van der Waals surface area contributed by atoms with E-state index in [-0.39, 0.29) is 29.7 Å². The predicted molar refractivity (Wildman–Crippen MR) is 241 cm³/mol. The number of carbonyl (C=O) groups is 4. The maximum Gasteiger partial charge on any atom is 0.407 e. The number of benzene rings is 4. The molecule has 2 aliphatic rings. The fourth-order valence-corrected chi connectivity index (χ4v) is 8.90. The van der Waals surface area contributed by atoms with Crippen LogP contribution in [0.25, 0.3) is 55.1 Å². The number of carbonyl (C=O) groups excluding carboxylic acids is 4. The Morgan fingerprint density at radius 1 is 0.762 bits per heavy atom. The molecule has 0 saturated carbocycles. The fourth-order valence-electron chi connectivity index (χ4n) is 8.90. The van der Waals surface area contributed by atoms with E-state index >= 15 is 0 Å². The zero-order chi connectivity index (χ0) is 44.0. The number of unbranched alkanes of at least 4 members (excludes halogenated alkanes) is 1. The van der Waals surface area contributed by atoms with Gasteiger partial charge in [-0.15, -0.1) is 0 Å². The largest absolute Gasteiger partial charge is 0.453 e. The zero-order valence-corrected chi connectivity index (χ0v) is 36.3. The lowest BCUT2D eigenvalue weighted by Gasteiger charge is -2.34. The first kappa shape index (κ1) is 43.2. The Bertz CT molecular complexity index is 2610. The van der Waals surface area contributed by atoms with E-state index < -0.39 is 24.3 Å². The lowest BCUT2D eigenvalue weighted by molar-refractivity contribution is -0.136. The van der Waals surface area contributed by atoms with Gasteiger partial charge in [0.15, 0.2) is 0 Å². The van der Waals surface area contributed by atoms with E-state index in [1.165, 1.54) is 14.2 Å². The summed E-state index contributed by atoms with van der Waals surface area (Å²) in [6.07, 6.45) is 4.15. The summed E-state index contributed by atoms with van der Waals surface area (Å²) in [4.78, 5) is 69.3. The first-order valence-corrected chi connectivity index (χ1v) is 22.0. The van der Waals surface area contributed by atoms with Gasteiger partial charge in [0.1, 0.15) is 23.7 Å². The molecule has 6 aromatic rings. The van der Waals surface area contributed by atoms with Crippen LogP contribution < -0.4 is 16.0 Å². The highest BCUT2D eigenvalue weighted by Crippen LogP contribution is 2.35. The number of hydrogen-bond donors (Lipinski definition) is 5. The smallest absolute Gasteiger partial charge is 0.407 e. The second-order valence-corrected chi connectivity index (χ2v) is 16.9. The third-order valence-electron chi connectivity index (χ3n) is 12.4. The summed E-state index contributed by atoms with van der Waals surface area (Å²) < 4.78 is 15.1. The van der Waals surface area contributed by atoms with Crippen molar-refractivity contribution in [3.63, 3.8) is 0 Å². The van der Waals surface area contributed by atoms with Gasteiger partial charge in [-0.3, -0.25) is 9.59 Å². The number of methoxy groups -OCH3 is 2. The molecule has 3 atom stereocenters. The minimum absolute atomic E-state index is 0.0268. The Morgan fingerprint density at radius 2 is 1.37 bits per heavy atom. The quantitative estimate of drug-likeness (QED) is 0.0688. The van der Waals surface area contributed by atoms with E-state index in [0.717, 1.165) is 98.8 Å². The normalized spacial score (nSPS) is 16.7. The SMILES string of the molecule is COC(=O)NC(C(=O)NCCCCc1nc2ccc(-c3ccc4cc(-c5ccc6nc(C7CCCN7C(=O)C(NC(=O)OC)C7CCOCC7)[nH]c6c5)ccc4c3)cc2[nH]1)C(C)C. The van der Waals surface area contributed by atoms with Crippen molar-refractivity contribution in [3.05, 3.63) is 84.4 Å². The van der Waals surface area contributed by atoms with Crippen molar-refractivity contribution in [2.24, 2.45) is 11.8 Å². The molecule has 0 aliphatic carbocycles. The van der Waals surface area contributed by atoms with Gasteiger partial charge in [0.05, 0.1) is 42.3 Å². The number of aromatic amines is 2. The molecule has 2 fully saturated rings. The molecule has 0 bridgehead atoms. The molecular weight excluding hydrogens is 801 g/mol. The Hall–Kier alpha value is -6.48. The van der Waals surface area contributed by atoms with Crippen molar-refractivity contribution >= 4 is 56.8 Å². The summed E-state index contributed by atoms with van der Waals surface area (Å²) in [5, 5.41) is 10.6. The number of alkyl carbamates (subject to hydrolysis) is 2. The number of H-pyrrole nitrogens is 2. The molecule has 8 rings (SSSR count). The molecular formula is C48H56N8O7. The van der Waals surface area contributed by atoms with Crippen molar-refractivity contribution in [2.45, 2.75) is 76.9 Å². The Labute approximate surface area is 366 Å². The van der Waals surface area contributed by atoms with E-state index in [2.05, 4.69) is 91.3 Å². The van der Waals surface area contributed by atoms with Crippen LogP contribution in [-0.4, -0.2) is 101 Å². The number of nitrogens with one attached hydrogen (secondary N) is 5. The van der Waals surface area contributed by atoms with E-state index in [4.69, 9.17) is 19.4 Å². The first-order valence-electron chi connectivity index (χ1n) is 22.0. The van der Waals surface area contributed by atoms with Crippen LogP contribution in [0.1, 0.15) is 70.1 Å². The summed E-state index contributed by atoms with van der Waals surface area (Å²) in [5.74, 6) is 1.22. The summed E-state index contributed by atoms with van der Waals surface area (Å²) in [5.41, 5.74) is 7.96. The average molecular weight is 857 g/mol. The average Bonchev–Trinajstić information content (AvgIpc) is 4.07. The van der Waals surface area contributed by atoms with Crippen molar-refractivity contribution in [1.82, 2.24) is 40.8 Å². The fraction of sp³-hybridized carbons (Fsp3) is 0.417. The van der Waals surface area contributed by atoms with Crippen molar-refractivity contribution in [1.29, 1.82) is 0 Å². The highest BCUT2D eigenvalue weighted by atomic mass is 16.5. The Balaban J connectivity index is 0.909. The van der Waals surface area contributed by atoms with Gasteiger partial charge in [-0.2, -0.15) is 0 Å². The molecule has 5 N–H and O–H groups in total. The van der Waals surface area contributed by atoms with Crippen LogP contribution in [0.2, 0.25) is 0 Å². The zero-order valence-electron chi connectivity index (χ0n) is 36.3. The van der Waals surface area contributed by atoms with Crippen LogP contribution in [0, 0.1) is 11.8 Å². The summed E-state index contributed by atoms with van der Waals surface area (Å²) in [7, 11) is 2.59. The van der Waals surface area contributed by atoms with Crippen LogP contribution in [0.15, 0.2) is 72.8 Å². The van der Waals surface area contributed by atoms with E-state index in [9.17, 15) is 19.2 Å². The number of imidazole rings is 2. The maximum atomic E-state index is 14.1. The summed E-state index contributed by atoms with van der Waals surface area (Å²) in [6, 6.07) is 24.0. The molecule has 2 saturated heterocycles. The number of amides is 4. The highest BCUT2D eigenvalue weighted by molar-refractivity contribution is 5.93. The number of nitrogens with zero attached hydrogens (tertiary/aromatic N) is 3. The van der Waals surface area contributed by atoms with Crippen molar-refractivity contribution < 1.29 is 33.4 Å². The van der Waals surface area contributed by atoms with Gasteiger partial charge < -0.3 is 45.0 Å². The van der Waals surface area contributed by atoms with E-state index in [1.54, 1.807) is 0 Å². The van der Waals surface area contributed by atoms with Gasteiger partial charge in [0.25, 0.3) is 0 Å². The Kier molecular flexibility index (Phi) is 13.2. The number of rotatable bonds is 14. The maximum absolute atomic E-state index is 14.1. The molecule has 4 aromatic carbocycles. The summed E-state index contributed by atoms with van der Waals surface area (Å²) >= 11 is 0. The molecule has 63 heavy (non-hydrogen) atoms. The van der Waals surface area contributed by atoms with Crippen LogP contribution in [0.4, 0.5) is 9.59 Å². The van der Waals surface area contributed by atoms with E-state index in [0.29, 0.717) is 39.1 Å². The molecule has 4 amide bonds. The molecule has 3 unspecified atom stereocenters. The lowest BCUT2D eigenvalue weighted by atomic mass is 9.90. The van der Waals surface area contributed by atoms with Crippen molar-refractivity contribution in [2.75, 3.05) is 40.5 Å². The van der Waals surface area contributed by atoms with E-state index in [1.807, 2.05) is 30.9 Å². The monoisotopic (exact) mass is 856 g/mol. The van der Waals surface area contributed by atoms with Gasteiger partial charge in [-0.05, 0) is 120 Å². The molecule has 0 spiro atoms. The predicted octanol–water partition coefficient (Wildman–Crippen LogP) is 7.56. The molecule has 4 heterocycles. The third-order valence-corrected chi connectivity index (χ3v) is 12.4. The van der Waals surface area contributed by atoms with Crippen LogP contribution in [-0.2, 0) is 30.2 Å². The molecule has 15 heteroatoms. The molecule has 2 aliphatic heterocycles. The van der Waals surface area contributed by atoms with Gasteiger partial charge >= 0.3 is 12.2 Å². The van der Waals surface area contributed by atoms with Gasteiger partial charge in [-0.1, -0.05) is 50.2 Å². The molecule has 0 radical (unpaired) electrons. The van der Waals surface area contributed by atoms with Crippen LogP contribution in [0.5, 0.6) is 0 Å². The third kappa shape index (κ3) is 9.78. The lowest BCUT2D eigenvalue weighted by Crippen LogP contribution is -2.53. The second kappa shape index (κ2) is 19.3. The number of hydrogen-bond acceptors (Lipinski definition) is 9. The highest BCUT2D eigenvalue weighted by Gasteiger charge is 2.40.